The van der Waals surface area contributed by atoms with E-state index in [2.05, 4.69) is 0 Å². The summed E-state index contributed by atoms with van der Waals surface area (Å²) < 4.78 is 34.5. The molecule has 3 heteroatoms. The van der Waals surface area contributed by atoms with Crippen LogP contribution in [-0.4, -0.2) is 14.9 Å². The largest absolute Gasteiger partial charge is 0.490 e. The molecule has 2 rings (SSSR count). The molecular formula is C13H16I2O. The summed E-state index contributed by atoms with van der Waals surface area (Å²) in [5.41, 5.74) is 0.0500. The zero-order valence-corrected chi connectivity index (χ0v) is 13.3. The lowest BCUT2D eigenvalue weighted by Gasteiger charge is -2.45. The number of ether oxygens (including phenoxy) is 1. The lowest BCUT2D eigenvalue weighted by atomic mass is 9.70. The summed E-state index contributed by atoms with van der Waals surface area (Å²) in [6, 6.07) is 7.72. The van der Waals surface area contributed by atoms with Crippen LogP contribution in [0.25, 0.3) is 0 Å². The number of alkyl halides is 2. The fourth-order valence-corrected chi connectivity index (χ4v) is 3.51. The maximum atomic E-state index is 7.96. The van der Waals surface area contributed by atoms with Crippen molar-refractivity contribution in [1.29, 1.82) is 0 Å². The van der Waals surface area contributed by atoms with Gasteiger partial charge in [-0.1, -0.05) is 63.4 Å². The minimum atomic E-state index is -1.60. The SMILES string of the molecule is [2H]C([2H])(I)C1(C([2H])([2H])I)CC(Oc2ccccc2C)C1. The first-order valence-corrected chi connectivity index (χ1v) is 7.33. The summed E-state index contributed by atoms with van der Waals surface area (Å²) >= 11 is 3.43. The molecule has 1 aliphatic rings. The monoisotopic (exact) mass is 446 g/mol. The minimum absolute atomic E-state index is 0.120. The van der Waals surface area contributed by atoms with Crippen LogP contribution in [0.5, 0.6) is 5.75 Å². The first kappa shape index (κ1) is 8.56. The molecule has 1 aromatic rings. The molecule has 0 N–H and O–H groups in total. The van der Waals surface area contributed by atoms with Gasteiger partial charge >= 0.3 is 0 Å². The Morgan fingerprint density at radius 3 is 2.56 bits per heavy atom. The second-order valence-corrected chi connectivity index (χ2v) is 5.26. The standard InChI is InChI=1S/C13H16I2O/c1-10-4-2-3-5-12(10)16-11-6-13(7-11,8-14)9-15/h2-5,11H,6-9H2,1H3/i8D2,9D2. The highest BCUT2D eigenvalue weighted by Gasteiger charge is 2.44. The average molecular weight is 446 g/mol. The molecule has 1 nitrogen and oxygen atoms in total. The van der Waals surface area contributed by atoms with E-state index >= 15 is 0 Å². The van der Waals surface area contributed by atoms with Gasteiger partial charge in [0.15, 0.2) is 0 Å². The van der Waals surface area contributed by atoms with Crippen LogP contribution in [0.2, 0.25) is 0 Å². The van der Waals surface area contributed by atoms with E-state index in [0.29, 0.717) is 12.8 Å². The molecule has 88 valence electrons. The number of halogens is 2. The predicted octanol–water partition coefficient (Wildman–Crippen LogP) is 4.39. The maximum absolute atomic E-state index is 7.96. The molecule has 1 saturated carbocycles. The van der Waals surface area contributed by atoms with Crippen molar-refractivity contribution >= 4 is 45.2 Å². The molecule has 1 aliphatic carbocycles. The van der Waals surface area contributed by atoms with Crippen LogP contribution in [0.1, 0.15) is 23.9 Å². The Labute approximate surface area is 130 Å². The van der Waals surface area contributed by atoms with Gasteiger partial charge in [-0.25, -0.2) is 0 Å². The Kier molecular flexibility index (Phi) is 2.90. The fourth-order valence-electron chi connectivity index (χ4n) is 1.84. The Morgan fingerprint density at radius 1 is 1.38 bits per heavy atom. The summed E-state index contributed by atoms with van der Waals surface area (Å²) in [5.74, 6) is 0.800. The third kappa shape index (κ3) is 2.66. The number of rotatable bonds is 4. The Hall–Kier alpha value is 0.480. The van der Waals surface area contributed by atoms with Crippen LogP contribution in [0.15, 0.2) is 24.3 Å². The van der Waals surface area contributed by atoms with Gasteiger partial charge in [0, 0.05) is 14.2 Å². The van der Waals surface area contributed by atoms with Gasteiger partial charge in [0.25, 0.3) is 0 Å². The van der Waals surface area contributed by atoms with Crippen molar-refractivity contribution < 1.29 is 10.2 Å². The van der Waals surface area contributed by atoms with Crippen LogP contribution in [0.3, 0.4) is 0 Å². The van der Waals surface area contributed by atoms with Gasteiger partial charge in [0.2, 0.25) is 0 Å². The second-order valence-electron chi connectivity index (χ2n) is 4.18. The topological polar surface area (TPSA) is 9.23 Å². The van der Waals surface area contributed by atoms with Crippen LogP contribution in [0, 0.1) is 12.3 Å². The van der Waals surface area contributed by atoms with E-state index in [-0.39, 0.29) is 6.10 Å². The molecule has 0 bridgehead atoms. The predicted molar refractivity (Wildman–Crippen MR) is 85.0 cm³/mol. The van der Waals surface area contributed by atoms with Crippen molar-refractivity contribution in [2.45, 2.75) is 25.9 Å². The first-order valence-electron chi connectivity index (χ1n) is 7.17. The molecule has 0 heterocycles. The highest BCUT2D eigenvalue weighted by molar-refractivity contribution is 14.1. The molecule has 0 atom stereocenters. The molecule has 0 amide bonds. The Morgan fingerprint density at radius 2 is 2.00 bits per heavy atom. The summed E-state index contributed by atoms with van der Waals surface area (Å²) in [4.78, 5) is 0. The number of aryl methyl sites for hydroxylation is 1. The van der Waals surface area contributed by atoms with Crippen molar-refractivity contribution in [3.8, 4) is 5.75 Å². The molecule has 0 radical (unpaired) electrons. The van der Waals surface area contributed by atoms with Gasteiger partial charge in [0.1, 0.15) is 5.75 Å². The molecule has 0 saturated heterocycles. The molecule has 0 aromatic heterocycles. The molecule has 1 fully saturated rings. The molecule has 16 heavy (non-hydrogen) atoms. The van der Waals surface area contributed by atoms with Gasteiger partial charge in [-0.05, 0) is 36.8 Å². The molecule has 1 aromatic carbocycles. The zero-order valence-electron chi connectivity index (χ0n) is 13.0. The van der Waals surface area contributed by atoms with Crippen molar-refractivity contribution in [2.24, 2.45) is 5.41 Å². The first-order chi connectivity index (χ1) is 9.07. The normalized spacial score (nSPS) is 24.7. The Bertz CT molecular complexity index is 474. The molecule has 0 aliphatic heterocycles. The number of benzene rings is 1. The maximum Gasteiger partial charge on any atom is 0.122 e. The van der Waals surface area contributed by atoms with Gasteiger partial charge < -0.3 is 4.74 Å². The minimum Gasteiger partial charge on any atom is -0.490 e. The van der Waals surface area contributed by atoms with Crippen molar-refractivity contribution in [2.75, 3.05) is 8.76 Å². The van der Waals surface area contributed by atoms with Crippen LogP contribution in [0.4, 0.5) is 0 Å². The lowest BCUT2D eigenvalue weighted by Crippen LogP contribution is -2.46. The van der Waals surface area contributed by atoms with E-state index in [1.165, 1.54) is 0 Å². The van der Waals surface area contributed by atoms with Gasteiger partial charge in [-0.15, -0.1) is 0 Å². The van der Waals surface area contributed by atoms with Crippen molar-refractivity contribution in [3.05, 3.63) is 29.8 Å². The molecule has 0 spiro atoms. The van der Waals surface area contributed by atoms with Crippen LogP contribution < -0.4 is 4.74 Å². The number of hydrogen-bond acceptors (Lipinski definition) is 1. The Balaban J connectivity index is 2.11. The van der Waals surface area contributed by atoms with Crippen LogP contribution >= 0.6 is 45.2 Å². The third-order valence-electron chi connectivity index (χ3n) is 2.90. The fraction of sp³-hybridized carbons (Fsp3) is 0.538. The van der Waals surface area contributed by atoms with Crippen LogP contribution in [-0.2, 0) is 0 Å². The van der Waals surface area contributed by atoms with E-state index in [1.807, 2.05) is 31.2 Å². The third-order valence-corrected chi connectivity index (χ3v) is 4.97. The summed E-state index contributed by atoms with van der Waals surface area (Å²) in [5, 5.41) is 0. The second kappa shape index (κ2) is 5.42. The van der Waals surface area contributed by atoms with Crippen molar-refractivity contribution in [3.63, 3.8) is 0 Å². The lowest BCUT2D eigenvalue weighted by molar-refractivity contribution is 0.0202. The van der Waals surface area contributed by atoms with E-state index in [9.17, 15) is 0 Å². The van der Waals surface area contributed by atoms with Gasteiger partial charge in [-0.3, -0.25) is 0 Å². The molecular weight excluding hydrogens is 426 g/mol. The quantitative estimate of drug-likeness (QED) is 0.493. The summed E-state index contributed by atoms with van der Waals surface area (Å²) in [6.45, 7) is 1.97. The summed E-state index contributed by atoms with van der Waals surface area (Å²) in [6.07, 6.45) is 0.672. The number of hydrogen-bond donors (Lipinski definition) is 0. The van der Waals surface area contributed by atoms with E-state index in [4.69, 9.17) is 10.2 Å². The highest BCUT2D eigenvalue weighted by Crippen LogP contribution is 2.46. The van der Waals surface area contributed by atoms with E-state index in [0.717, 1.165) is 11.3 Å². The van der Waals surface area contributed by atoms with Gasteiger partial charge in [0.05, 0.1) is 6.10 Å². The summed E-state index contributed by atoms with van der Waals surface area (Å²) in [7, 11) is 0. The van der Waals surface area contributed by atoms with E-state index in [1.54, 1.807) is 45.2 Å². The van der Waals surface area contributed by atoms with Gasteiger partial charge in [-0.2, -0.15) is 0 Å². The smallest absolute Gasteiger partial charge is 0.122 e. The number of para-hydroxylation sites is 1. The molecule has 0 unspecified atom stereocenters. The average Bonchev–Trinajstić information content (AvgIpc) is 2.21. The van der Waals surface area contributed by atoms with Crippen molar-refractivity contribution in [1.82, 2.24) is 0 Å². The van der Waals surface area contributed by atoms with E-state index < -0.39 is 14.2 Å². The highest BCUT2D eigenvalue weighted by atomic mass is 127. The zero-order chi connectivity index (χ0) is 15.2.